The van der Waals surface area contributed by atoms with Crippen LogP contribution in [0.5, 0.6) is 5.75 Å². The molecule has 1 nitrogen and oxygen atoms in total. The number of alkyl halides is 3. The predicted molar refractivity (Wildman–Crippen MR) is 68.0 cm³/mol. The summed E-state index contributed by atoms with van der Waals surface area (Å²) in [5.74, 6) is -0.410. The molecule has 0 aliphatic rings. The minimum absolute atomic E-state index is 0.0893. The number of ether oxygens (including phenoxy) is 1. The van der Waals surface area contributed by atoms with Crippen LogP contribution in [0.15, 0.2) is 42.5 Å². The van der Waals surface area contributed by atoms with Gasteiger partial charge in [-0.2, -0.15) is 0 Å². The van der Waals surface area contributed by atoms with E-state index in [2.05, 4.69) is 11.7 Å². The topological polar surface area (TPSA) is 9.23 Å². The Morgan fingerprint density at radius 1 is 0.947 bits per heavy atom. The Hall–Kier alpha value is -1.68. The van der Waals surface area contributed by atoms with E-state index in [1.165, 1.54) is 18.2 Å². The molecule has 5 heteroatoms. The second-order valence-corrected chi connectivity index (χ2v) is 4.30. The van der Waals surface area contributed by atoms with Gasteiger partial charge in [0.15, 0.2) is 0 Å². The van der Waals surface area contributed by atoms with Crippen LogP contribution in [0.3, 0.4) is 0 Å². The number of benzene rings is 2. The Bertz CT molecular complexity index is 576. The lowest BCUT2D eigenvalue weighted by atomic mass is 10.0. The number of halogens is 4. The van der Waals surface area contributed by atoms with E-state index in [9.17, 15) is 13.2 Å². The van der Waals surface area contributed by atoms with Gasteiger partial charge in [-0.3, -0.25) is 0 Å². The van der Waals surface area contributed by atoms with Gasteiger partial charge >= 0.3 is 6.36 Å². The van der Waals surface area contributed by atoms with Crippen molar-refractivity contribution in [2.45, 2.75) is 6.36 Å². The molecule has 0 fully saturated rings. The maximum atomic E-state index is 12.1. The molecule has 0 spiro atoms. The Morgan fingerprint density at radius 2 is 1.53 bits per heavy atom. The first-order valence-electron chi connectivity index (χ1n) is 5.33. The summed E-state index contributed by atoms with van der Waals surface area (Å²) in [4.78, 5) is 0. The molecule has 0 heterocycles. The lowest BCUT2D eigenvalue weighted by Crippen LogP contribution is -2.17. The zero-order valence-electron chi connectivity index (χ0n) is 9.67. The first-order chi connectivity index (χ1) is 8.85. The van der Waals surface area contributed by atoms with E-state index >= 15 is 0 Å². The standard InChI is InChI=1S/C14H9ClF3O/c1-9-2-4-10(5-3-9)11-6-7-13(12(15)8-11)19-14(16,17)18/h2-8H,1H2. The average molecular weight is 286 g/mol. The molecule has 2 aromatic carbocycles. The van der Waals surface area contributed by atoms with Gasteiger partial charge in [0, 0.05) is 0 Å². The fraction of sp³-hybridized carbons (Fsp3) is 0.0714. The summed E-state index contributed by atoms with van der Waals surface area (Å²) >= 11 is 5.78. The fourth-order valence-corrected chi connectivity index (χ4v) is 1.80. The summed E-state index contributed by atoms with van der Waals surface area (Å²) in [5, 5.41) is -0.0893. The largest absolute Gasteiger partial charge is 0.573 e. The summed E-state index contributed by atoms with van der Waals surface area (Å²) in [6, 6.07) is 11.4. The van der Waals surface area contributed by atoms with Gasteiger partial charge in [-0.15, -0.1) is 13.2 Å². The molecule has 19 heavy (non-hydrogen) atoms. The molecule has 0 unspecified atom stereocenters. The fourth-order valence-electron chi connectivity index (χ4n) is 1.59. The molecule has 0 N–H and O–H groups in total. The molecular weight excluding hydrogens is 277 g/mol. The van der Waals surface area contributed by atoms with E-state index < -0.39 is 12.1 Å². The zero-order valence-corrected chi connectivity index (χ0v) is 10.4. The first-order valence-corrected chi connectivity index (χ1v) is 5.71. The van der Waals surface area contributed by atoms with E-state index in [1.807, 2.05) is 24.3 Å². The lowest BCUT2D eigenvalue weighted by molar-refractivity contribution is -0.274. The summed E-state index contributed by atoms with van der Waals surface area (Å²) in [6.45, 7) is 3.76. The Labute approximate surface area is 113 Å². The van der Waals surface area contributed by atoms with Crippen molar-refractivity contribution in [2.75, 3.05) is 0 Å². The van der Waals surface area contributed by atoms with Crippen molar-refractivity contribution in [3.63, 3.8) is 0 Å². The maximum absolute atomic E-state index is 12.1. The van der Waals surface area contributed by atoms with Gasteiger partial charge in [0.1, 0.15) is 5.75 Å². The van der Waals surface area contributed by atoms with Crippen molar-refractivity contribution < 1.29 is 17.9 Å². The van der Waals surface area contributed by atoms with Gasteiger partial charge in [0.05, 0.1) is 5.02 Å². The molecule has 0 saturated carbocycles. The van der Waals surface area contributed by atoms with Crippen LogP contribution >= 0.6 is 11.6 Å². The SMILES string of the molecule is [CH2]c1ccc(-c2ccc(OC(F)(F)F)c(Cl)c2)cc1. The summed E-state index contributed by atoms with van der Waals surface area (Å²) in [5.41, 5.74) is 2.40. The van der Waals surface area contributed by atoms with Crippen molar-refractivity contribution in [1.29, 1.82) is 0 Å². The minimum atomic E-state index is -4.75. The predicted octanol–water partition coefficient (Wildman–Crippen LogP) is 5.09. The highest BCUT2D eigenvalue weighted by atomic mass is 35.5. The van der Waals surface area contributed by atoms with Crippen molar-refractivity contribution in [1.82, 2.24) is 0 Å². The molecular formula is C14H9ClF3O. The lowest BCUT2D eigenvalue weighted by Gasteiger charge is -2.11. The van der Waals surface area contributed by atoms with Crippen molar-refractivity contribution in [3.05, 3.63) is 60.0 Å². The van der Waals surface area contributed by atoms with Crippen LogP contribution in [0.2, 0.25) is 5.02 Å². The summed E-state index contributed by atoms with van der Waals surface area (Å²) < 4.78 is 40.1. The van der Waals surface area contributed by atoms with Crippen LogP contribution in [0.4, 0.5) is 13.2 Å². The third-order valence-electron chi connectivity index (χ3n) is 2.44. The zero-order chi connectivity index (χ0) is 14.0. The van der Waals surface area contributed by atoms with E-state index in [1.54, 1.807) is 0 Å². The highest BCUT2D eigenvalue weighted by molar-refractivity contribution is 6.32. The Balaban J connectivity index is 2.31. The third kappa shape index (κ3) is 3.64. The third-order valence-corrected chi connectivity index (χ3v) is 2.74. The quantitative estimate of drug-likeness (QED) is 0.747. The second-order valence-electron chi connectivity index (χ2n) is 3.89. The molecule has 0 aliphatic carbocycles. The van der Waals surface area contributed by atoms with E-state index in [-0.39, 0.29) is 5.02 Å². The van der Waals surface area contributed by atoms with Crippen LogP contribution in [-0.4, -0.2) is 6.36 Å². The van der Waals surface area contributed by atoms with Crippen molar-refractivity contribution in [2.24, 2.45) is 0 Å². The number of hydrogen-bond donors (Lipinski definition) is 0. The Morgan fingerprint density at radius 3 is 2.05 bits per heavy atom. The Kier molecular flexibility index (Phi) is 3.71. The van der Waals surface area contributed by atoms with Crippen molar-refractivity contribution >= 4 is 11.6 Å². The summed E-state index contributed by atoms with van der Waals surface area (Å²) in [7, 11) is 0. The molecule has 0 bridgehead atoms. The van der Waals surface area contributed by atoms with Crippen LogP contribution in [0.25, 0.3) is 11.1 Å². The van der Waals surface area contributed by atoms with Gasteiger partial charge in [-0.25, -0.2) is 0 Å². The van der Waals surface area contributed by atoms with Gasteiger partial charge in [-0.1, -0.05) is 41.9 Å². The smallest absolute Gasteiger partial charge is 0.404 e. The molecule has 0 amide bonds. The molecule has 99 valence electrons. The van der Waals surface area contributed by atoms with Crippen LogP contribution < -0.4 is 4.74 Å². The van der Waals surface area contributed by atoms with Crippen LogP contribution in [-0.2, 0) is 0 Å². The van der Waals surface area contributed by atoms with E-state index in [0.717, 1.165) is 11.1 Å². The highest BCUT2D eigenvalue weighted by Crippen LogP contribution is 2.33. The highest BCUT2D eigenvalue weighted by Gasteiger charge is 2.32. The molecule has 1 radical (unpaired) electrons. The molecule has 0 aliphatic heterocycles. The molecule has 0 saturated heterocycles. The van der Waals surface area contributed by atoms with E-state index in [0.29, 0.717) is 5.56 Å². The molecule has 0 aromatic heterocycles. The summed E-state index contributed by atoms with van der Waals surface area (Å²) in [6.07, 6.45) is -4.75. The second kappa shape index (κ2) is 5.13. The van der Waals surface area contributed by atoms with Gasteiger partial charge in [0.2, 0.25) is 0 Å². The van der Waals surface area contributed by atoms with Crippen molar-refractivity contribution in [3.8, 4) is 16.9 Å². The number of rotatable bonds is 2. The molecule has 2 aromatic rings. The van der Waals surface area contributed by atoms with E-state index in [4.69, 9.17) is 11.6 Å². The minimum Gasteiger partial charge on any atom is -0.404 e. The molecule has 2 rings (SSSR count). The van der Waals surface area contributed by atoms with Gasteiger partial charge in [-0.05, 0) is 35.7 Å². The normalized spacial score (nSPS) is 11.4. The maximum Gasteiger partial charge on any atom is 0.573 e. The number of hydrogen-bond acceptors (Lipinski definition) is 1. The average Bonchev–Trinajstić information content (AvgIpc) is 2.31. The van der Waals surface area contributed by atoms with Crippen LogP contribution in [0.1, 0.15) is 5.56 Å². The van der Waals surface area contributed by atoms with Gasteiger partial charge in [0.25, 0.3) is 0 Å². The van der Waals surface area contributed by atoms with Gasteiger partial charge < -0.3 is 4.74 Å². The van der Waals surface area contributed by atoms with Crippen LogP contribution in [0, 0.1) is 6.92 Å². The monoisotopic (exact) mass is 285 g/mol. The molecule has 0 atom stereocenters. The first kappa shape index (κ1) is 13.7.